The summed E-state index contributed by atoms with van der Waals surface area (Å²) in [5.74, 6) is -0.0843. The number of anilines is 2. The zero-order valence-corrected chi connectivity index (χ0v) is 10.5. The van der Waals surface area contributed by atoms with E-state index < -0.39 is 12.1 Å². The van der Waals surface area contributed by atoms with Crippen molar-refractivity contribution in [3.8, 4) is 0 Å². The molecule has 0 radical (unpaired) electrons. The minimum absolute atomic E-state index is 0.262. The van der Waals surface area contributed by atoms with Gasteiger partial charge in [0.15, 0.2) is 0 Å². The van der Waals surface area contributed by atoms with Gasteiger partial charge < -0.3 is 16.4 Å². The van der Waals surface area contributed by atoms with E-state index in [1.165, 1.54) is 12.1 Å². The van der Waals surface area contributed by atoms with E-state index in [0.29, 0.717) is 17.1 Å². The molecule has 0 unspecified atom stereocenters. The summed E-state index contributed by atoms with van der Waals surface area (Å²) < 4.78 is 13.2. The molecule has 2 atom stereocenters. The van der Waals surface area contributed by atoms with Crippen LogP contribution in [-0.2, 0) is 4.79 Å². The zero-order valence-electron chi connectivity index (χ0n) is 10.5. The lowest BCUT2D eigenvalue weighted by atomic mass is 9.98. The largest absolute Gasteiger partial charge is 0.355 e. The average molecular weight is 272 g/mol. The molecular weight excluding hydrogens is 259 g/mol. The Morgan fingerprint density at radius 1 is 1.30 bits per heavy atom. The molecule has 0 bridgehead atoms. The first-order chi connectivity index (χ1) is 9.65. The van der Waals surface area contributed by atoms with Crippen molar-refractivity contribution in [1.82, 2.24) is 4.98 Å². The first-order valence-corrected chi connectivity index (χ1v) is 6.18. The highest BCUT2D eigenvalue weighted by molar-refractivity contribution is 6.02. The number of aromatic nitrogens is 1. The summed E-state index contributed by atoms with van der Waals surface area (Å²) in [5.41, 5.74) is 7.23. The predicted molar refractivity (Wildman–Crippen MR) is 73.6 cm³/mol. The van der Waals surface area contributed by atoms with E-state index in [1.807, 2.05) is 0 Å². The van der Waals surface area contributed by atoms with E-state index >= 15 is 0 Å². The van der Waals surface area contributed by atoms with Crippen LogP contribution >= 0.6 is 0 Å². The predicted octanol–water partition coefficient (Wildman–Crippen LogP) is 1.65. The van der Waals surface area contributed by atoms with E-state index in [9.17, 15) is 9.18 Å². The normalized spacial score (nSPS) is 18.7. The van der Waals surface area contributed by atoms with E-state index in [1.54, 1.807) is 30.5 Å². The van der Waals surface area contributed by atoms with Gasteiger partial charge in [-0.3, -0.25) is 4.79 Å². The van der Waals surface area contributed by atoms with E-state index in [4.69, 9.17) is 5.73 Å². The van der Waals surface area contributed by atoms with Gasteiger partial charge in [0.1, 0.15) is 17.7 Å². The third kappa shape index (κ3) is 2.21. The van der Waals surface area contributed by atoms with Crippen molar-refractivity contribution in [2.75, 3.05) is 10.6 Å². The van der Waals surface area contributed by atoms with E-state index in [2.05, 4.69) is 15.6 Å². The Bertz CT molecular complexity index is 661. The maximum atomic E-state index is 13.2. The van der Waals surface area contributed by atoms with Crippen LogP contribution in [0, 0.1) is 5.82 Å². The lowest BCUT2D eigenvalue weighted by Gasteiger charge is -2.29. The van der Waals surface area contributed by atoms with Gasteiger partial charge in [-0.2, -0.15) is 0 Å². The molecular formula is C14H13FN4O. The van der Waals surface area contributed by atoms with Gasteiger partial charge in [0, 0.05) is 6.20 Å². The second-order valence-electron chi connectivity index (χ2n) is 4.59. The molecule has 20 heavy (non-hydrogen) atoms. The molecule has 1 aliphatic heterocycles. The fourth-order valence-electron chi connectivity index (χ4n) is 2.20. The minimum Gasteiger partial charge on any atom is -0.355 e. The molecule has 2 aromatic rings. The van der Waals surface area contributed by atoms with Gasteiger partial charge in [0.05, 0.1) is 11.7 Å². The van der Waals surface area contributed by atoms with E-state index in [-0.39, 0.29) is 11.7 Å². The Morgan fingerprint density at radius 2 is 2.15 bits per heavy atom. The summed E-state index contributed by atoms with van der Waals surface area (Å²) in [7, 11) is 0. The molecule has 1 aromatic heterocycles. The molecule has 1 amide bonds. The third-order valence-electron chi connectivity index (χ3n) is 3.23. The number of rotatable bonds is 2. The highest BCUT2D eigenvalue weighted by Crippen LogP contribution is 2.27. The van der Waals surface area contributed by atoms with Crippen LogP contribution in [0.3, 0.4) is 0 Å². The maximum absolute atomic E-state index is 13.2. The average Bonchev–Trinajstić information content (AvgIpc) is 2.46. The fourth-order valence-corrected chi connectivity index (χ4v) is 2.20. The highest BCUT2D eigenvalue weighted by Gasteiger charge is 2.32. The van der Waals surface area contributed by atoms with Crippen molar-refractivity contribution < 1.29 is 9.18 Å². The monoisotopic (exact) mass is 272 g/mol. The molecule has 6 heteroatoms. The fraction of sp³-hybridized carbons (Fsp3) is 0.143. The van der Waals surface area contributed by atoms with Crippen molar-refractivity contribution in [1.29, 1.82) is 0 Å². The number of halogens is 1. The zero-order chi connectivity index (χ0) is 14.1. The molecule has 0 aliphatic carbocycles. The summed E-state index contributed by atoms with van der Waals surface area (Å²) in [6.07, 6.45) is 1.62. The number of nitrogens with two attached hydrogens (primary N) is 1. The van der Waals surface area contributed by atoms with Gasteiger partial charge in [-0.1, -0.05) is 12.1 Å². The Morgan fingerprint density at radius 3 is 2.95 bits per heavy atom. The highest BCUT2D eigenvalue weighted by atomic mass is 19.1. The Labute approximate surface area is 115 Å². The number of fused-ring (bicyclic) bond motifs is 1. The van der Waals surface area contributed by atoms with Gasteiger partial charge in [0.2, 0.25) is 5.91 Å². The van der Waals surface area contributed by atoms with Gasteiger partial charge in [-0.25, -0.2) is 9.37 Å². The summed E-state index contributed by atoms with van der Waals surface area (Å²) in [5, 5.41) is 5.73. The van der Waals surface area contributed by atoms with Crippen LogP contribution in [0.4, 0.5) is 15.9 Å². The number of hydrogen-bond acceptors (Lipinski definition) is 4. The minimum atomic E-state index is -0.695. The molecule has 0 spiro atoms. The van der Waals surface area contributed by atoms with Crippen molar-refractivity contribution in [3.63, 3.8) is 0 Å². The molecule has 0 saturated heterocycles. The van der Waals surface area contributed by atoms with Crippen LogP contribution in [0.1, 0.15) is 11.6 Å². The van der Waals surface area contributed by atoms with Gasteiger partial charge >= 0.3 is 0 Å². The molecule has 0 fully saturated rings. The van der Waals surface area contributed by atoms with Gasteiger partial charge in [-0.15, -0.1) is 0 Å². The number of carbonyl (C=O) groups excluding carboxylic acids is 1. The maximum Gasteiger partial charge on any atom is 0.248 e. The quantitative estimate of drug-likeness (QED) is 0.776. The lowest BCUT2D eigenvalue weighted by Crippen LogP contribution is -2.46. The molecule has 3 rings (SSSR count). The van der Waals surface area contributed by atoms with Crippen LogP contribution in [0.2, 0.25) is 0 Å². The van der Waals surface area contributed by atoms with Crippen LogP contribution in [0.25, 0.3) is 0 Å². The van der Waals surface area contributed by atoms with Crippen molar-refractivity contribution >= 4 is 17.4 Å². The molecule has 4 N–H and O–H groups in total. The van der Waals surface area contributed by atoms with Gasteiger partial charge in [-0.05, 0) is 29.8 Å². The number of carbonyl (C=O) groups is 1. The Hall–Kier alpha value is -2.47. The van der Waals surface area contributed by atoms with Crippen LogP contribution < -0.4 is 16.4 Å². The number of pyridine rings is 1. The molecule has 1 aromatic carbocycles. The molecule has 0 saturated carbocycles. The van der Waals surface area contributed by atoms with Crippen LogP contribution in [0.15, 0.2) is 42.6 Å². The number of benzene rings is 1. The second kappa shape index (κ2) is 4.90. The molecule has 102 valence electrons. The van der Waals surface area contributed by atoms with E-state index in [0.717, 1.165) is 0 Å². The SMILES string of the molecule is N[C@H](c1cccc(F)c1)[C@@H]1Nc2ncccc2NC1=O. The topological polar surface area (TPSA) is 80.0 Å². The first kappa shape index (κ1) is 12.6. The number of hydrogen-bond donors (Lipinski definition) is 3. The number of nitrogens with zero attached hydrogens (tertiary/aromatic N) is 1. The first-order valence-electron chi connectivity index (χ1n) is 6.18. The van der Waals surface area contributed by atoms with Crippen molar-refractivity contribution in [2.24, 2.45) is 5.73 Å². The van der Waals surface area contributed by atoms with Crippen molar-refractivity contribution in [2.45, 2.75) is 12.1 Å². The summed E-state index contributed by atoms with van der Waals surface area (Å²) >= 11 is 0. The molecule has 1 aliphatic rings. The summed E-state index contributed by atoms with van der Waals surface area (Å²) in [4.78, 5) is 16.2. The molecule has 5 nitrogen and oxygen atoms in total. The standard InChI is InChI=1S/C14H13FN4O/c15-9-4-1-3-8(7-9)11(16)12-14(20)18-10-5-2-6-17-13(10)19-12/h1-7,11-12H,16H2,(H,17,19)(H,18,20)/t11-,12+/m1/s1. The van der Waals surface area contributed by atoms with Crippen molar-refractivity contribution in [3.05, 3.63) is 54.0 Å². The Balaban J connectivity index is 1.89. The smallest absolute Gasteiger partial charge is 0.248 e. The third-order valence-corrected chi connectivity index (χ3v) is 3.23. The summed E-state index contributed by atoms with van der Waals surface area (Å²) in [6, 6.07) is 8.04. The number of amides is 1. The number of nitrogens with one attached hydrogen (secondary N) is 2. The Kier molecular flexibility index (Phi) is 3.08. The molecule has 2 heterocycles. The van der Waals surface area contributed by atoms with Crippen LogP contribution in [0.5, 0.6) is 0 Å². The van der Waals surface area contributed by atoms with Crippen LogP contribution in [-0.4, -0.2) is 16.9 Å². The second-order valence-corrected chi connectivity index (χ2v) is 4.59. The van der Waals surface area contributed by atoms with Gasteiger partial charge in [0.25, 0.3) is 0 Å². The summed E-state index contributed by atoms with van der Waals surface area (Å²) in [6.45, 7) is 0. The lowest BCUT2D eigenvalue weighted by molar-refractivity contribution is -0.117.